The molecule has 100 valence electrons. The number of carbonyl (C=O) groups excluding carboxylic acids is 1. The van der Waals surface area contributed by atoms with Crippen LogP contribution in [0.15, 0.2) is 28.9 Å². The third-order valence-electron chi connectivity index (χ3n) is 2.49. The van der Waals surface area contributed by atoms with E-state index >= 15 is 0 Å². The summed E-state index contributed by atoms with van der Waals surface area (Å²) in [4.78, 5) is 12.0. The van der Waals surface area contributed by atoms with Crippen LogP contribution < -0.4 is 5.32 Å². The Labute approximate surface area is 116 Å². The number of halogens is 3. The van der Waals surface area contributed by atoms with Crippen molar-refractivity contribution in [3.8, 4) is 0 Å². The van der Waals surface area contributed by atoms with Gasteiger partial charge in [0.2, 0.25) is 0 Å². The quantitative estimate of drug-likeness (QED) is 0.939. The maximum absolute atomic E-state index is 13.4. The molecule has 0 atom stereocenters. The summed E-state index contributed by atoms with van der Waals surface area (Å²) in [6, 6.07) is 2.86. The van der Waals surface area contributed by atoms with Crippen molar-refractivity contribution in [3.05, 3.63) is 46.2 Å². The molecular formula is C12H10BrF2N3O. The van der Waals surface area contributed by atoms with Gasteiger partial charge >= 0.3 is 0 Å². The molecule has 0 fully saturated rings. The lowest BCUT2D eigenvalue weighted by molar-refractivity contribution is 0.101. The fourth-order valence-electron chi connectivity index (χ4n) is 1.60. The van der Waals surface area contributed by atoms with Crippen LogP contribution in [0.2, 0.25) is 0 Å². The van der Waals surface area contributed by atoms with E-state index in [1.54, 1.807) is 0 Å². The first kappa shape index (κ1) is 13.7. The topological polar surface area (TPSA) is 46.9 Å². The standard InChI is InChI=1S/C12H10BrF2N3O/c1-2-18-11(8(13)6-16-18)12(19)17-10-5-7(14)3-4-9(10)15/h3-6H,2H2,1H3,(H,17,19). The average Bonchev–Trinajstić information content (AvgIpc) is 2.75. The molecule has 0 saturated heterocycles. The fraction of sp³-hybridized carbons (Fsp3) is 0.167. The lowest BCUT2D eigenvalue weighted by Crippen LogP contribution is -2.18. The molecule has 0 aliphatic rings. The van der Waals surface area contributed by atoms with Gasteiger partial charge in [0.1, 0.15) is 17.3 Å². The molecule has 0 unspecified atom stereocenters. The van der Waals surface area contributed by atoms with Gasteiger partial charge in [0.15, 0.2) is 0 Å². The Bertz CT molecular complexity index is 627. The predicted octanol–water partition coefficient (Wildman–Crippen LogP) is 3.20. The Morgan fingerprint density at radius 1 is 1.47 bits per heavy atom. The summed E-state index contributed by atoms with van der Waals surface area (Å²) in [7, 11) is 0. The highest BCUT2D eigenvalue weighted by molar-refractivity contribution is 9.10. The summed E-state index contributed by atoms with van der Waals surface area (Å²) in [6.07, 6.45) is 1.47. The summed E-state index contributed by atoms with van der Waals surface area (Å²) >= 11 is 3.19. The van der Waals surface area contributed by atoms with Crippen molar-refractivity contribution in [1.29, 1.82) is 0 Å². The summed E-state index contributed by atoms with van der Waals surface area (Å²) in [5.41, 5.74) is 0.0481. The Morgan fingerprint density at radius 2 is 2.21 bits per heavy atom. The van der Waals surface area contributed by atoms with E-state index in [0.29, 0.717) is 11.0 Å². The molecule has 4 nitrogen and oxygen atoms in total. The molecule has 2 aromatic rings. The van der Waals surface area contributed by atoms with E-state index in [9.17, 15) is 13.6 Å². The molecule has 2 rings (SSSR count). The SMILES string of the molecule is CCn1ncc(Br)c1C(=O)Nc1cc(F)ccc1F. The molecule has 0 bridgehead atoms. The van der Waals surface area contributed by atoms with Gasteiger partial charge in [-0.1, -0.05) is 0 Å². The van der Waals surface area contributed by atoms with Crippen LogP contribution in [0.3, 0.4) is 0 Å². The van der Waals surface area contributed by atoms with E-state index < -0.39 is 17.5 Å². The van der Waals surface area contributed by atoms with Crippen molar-refractivity contribution in [2.75, 3.05) is 5.32 Å². The average molecular weight is 330 g/mol. The van der Waals surface area contributed by atoms with Crippen molar-refractivity contribution in [2.45, 2.75) is 13.5 Å². The fourth-order valence-corrected chi connectivity index (χ4v) is 2.08. The molecular weight excluding hydrogens is 320 g/mol. The Morgan fingerprint density at radius 3 is 2.89 bits per heavy atom. The molecule has 0 radical (unpaired) electrons. The van der Waals surface area contributed by atoms with Gasteiger partial charge < -0.3 is 5.32 Å². The Balaban J connectivity index is 2.30. The number of hydrogen-bond donors (Lipinski definition) is 1. The van der Waals surface area contributed by atoms with Crippen LogP contribution in [0.1, 0.15) is 17.4 Å². The summed E-state index contributed by atoms with van der Waals surface area (Å²) < 4.78 is 28.4. The third kappa shape index (κ3) is 2.81. The van der Waals surface area contributed by atoms with E-state index in [1.807, 2.05) is 6.92 Å². The second-order valence-corrected chi connectivity index (χ2v) is 4.59. The summed E-state index contributed by atoms with van der Waals surface area (Å²) in [5.74, 6) is -1.89. The van der Waals surface area contributed by atoms with Gasteiger partial charge in [-0.25, -0.2) is 8.78 Å². The first-order chi connectivity index (χ1) is 9.02. The smallest absolute Gasteiger partial charge is 0.275 e. The Kier molecular flexibility index (Phi) is 3.94. The van der Waals surface area contributed by atoms with Gasteiger partial charge in [-0.2, -0.15) is 5.10 Å². The van der Waals surface area contributed by atoms with Crippen LogP contribution in [0.4, 0.5) is 14.5 Å². The van der Waals surface area contributed by atoms with Gasteiger partial charge in [0, 0.05) is 12.6 Å². The van der Waals surface area contributed by atoms with E-state index in [1.165, 1.54) is 10.9 Å². The molecule has 0 aliphatic carbocycles. The van der Waals surface area contributed by atoms with Crippen molar-refractivity contribution in [1.82, 2.24) is 9.78 Å². The number of rotatable bonds is 3. The van der Waals surface area contributed by atoms with Crippen LogP contribution in [0, 0.1) is 11.6 Å². The van der Waals surface area contributed by atoms with Gasteiger partial charge in [-0.3, -0.25) is 9.48 Å². The zero-order valence-corrected chi connectivity index (χ0v) is 11.5. The maximum Gasteiger partial charge on any atom is 0.275 e. The molecule has 19 heavy (non-hydrogen) atoms. The number of carbonyl (C=O) groups is 1. The minimum absolute atomic E-state index is 0.208. The lowest BCUT2D eigenvalue weighted by atomic mass is 10.3. The number of aryl methyl sites for hydroxylation is 1. The zero-order valence-electron chi connectivity index (χ0n) is 9.95. The first-order valence-corrected chi connectivity index (χ1v) is 6.30. The van der Waals surface area contributed by atoms with Crippen LogP contribution in [0.25, 0.3) is 0 Å². The number of nitrogens with zero attached hydrogens (tertiary/aromatic N) is 2. The van der Waals surface area contributed by atoms with Crippen molar-refractivity contribution in [3.63, 3.8) is 0 Å². The van der Waals surface area contributed by atoms with Gasteiger partial charge in [0.25, 0.3) is 5.91 Å². The molecule has 1 heterocycles. The maximum atomic E-state index is 13.4. The monoisotopic (exact) mass is 329 g/mol. The molecule has 1 aromatic carbocycles. The van der Waals surface area contributed by atoms with Crippen molar-refractivity contribution >= 4 is 27.5 Å². The number of amides is 1. The van der Waals surface area contributed by atoms with E-state index in [4.69, 9.17) is 0 Å². The number of nitrogens with one attached hydrogen (secondary N) is 1. The normalized spacial score (nSPS) is 10.5. The van der Waals surface area contributed by atoms with E-state index in [2.05, 4.69) is 26.3 Å². The second kappa shape index (κ2) is 5.48. The summed E-state index contributed by atoms with van der Waals surface area (Å²) in [5, 5.41) is 6.30. The number of benzene rings is 1. The van der Waals surface area contributed by atoms with E-state index in [0.717, 1.165) is 18.2 Å². The highest BCUT2D eigenvalue weighted by atomic mass is 79.9. The molecule has 1 aromatic heterocycles. The minimum atomic E-state index is -0.701. The minimum Gasteiger partial charge on any atom is -0.318 e. The van der Waals surface area contributed by atoms with Gasteiger partial charge in [-0.15, -0.1) is 0 Å². The lowest BCUT2D eigenvalue weighted by Gasteiger charge is -2.08. The number of aromatic nitrogens is 2. The number of anilines is 1. The number of hydrogen-bond acceptors (Lipinski definition) is 2. The molecule has 1 amide bonds. The second-order valence-electron chi connectivity index (χ2n) is 3.74. The molecule has 0 spiro atoms. The van der Waals surface area contributed by atoms with E-state index in [-0.39, 0.29) is 11.4 Å². The van der Waals surface area contributed by atoms with Crippen LogP contribution in [-0.2, 0) is 6.54 Å². The zero-order chi connectivity index (χ0) is 14.0. The highest BCUT2D eigenvalue weighted by Gasteiger charge is 2.18. The predicted molar refractivity (Wildman–Crippen MR) is 69.9 cm³/mol. The molecule has 0 saturated carbocycles. The summed E-state index contributed by atoms with van der Waals surface area (Å²) in [6.45, 7) is 2.30. The van der Waals surface area contributed by atoms with Crippen LogP contribution in [-0.4, -0.2) is 15.7 Å². The van der Waals surface area contributed by atoms with Crippen LogP contribution in [0.5, 0.6) is 0 Å². The molecule has 0 aliphatic heterocycles. The molecule has 7 heteroatoms. The first-order valence-electron chi connectivity index (χ1n) is 5.50. The highest BCUT2D eigenvalue weighted by Crippen LogP contribution is 2.20. The van der Waals surface area contributed by atoms with Gasteiger partial charge in [-0.05, 0) is 35.0 Å². The van der Waals surface area contributed by atoms with Crippen LogP contribution >= 0.6 is 15.9 Å². The third-order valence-corrected chi connectivity index (χ3v) is 3.07. The van der Waals surface area contributed by atoms with Crippen molar-refractivity contribution < 1.29 is 13.6 Å². The molecule has 1 N–H and O–H groups in total. The Hall–Kier alpha value is -1.76. The van der Waals surface area contributed by atoms with Crippen molar-refractivity contribution in [2.24, 2.45) is 0 Å². The van der Waals surface area contributed by atoms with Gasteiger partial charge in [0.05, 0.1) is 16.4 Å². The largest absolute Gasteiger partial charge is 0.318 e.